The summed E-state index contributed by atoms with van der Waals surface area (Å²) in [4.78, 5) is 26.2. The fourth-order valence-electron chi connectivity index (χ4n) is 3.16. The zero-order chi connectivity index (χ0) is 16.9. The van der Waals surface area contributed by atoms with E-state index in [9.17, 15) is 9.59 Å². The summed E-state index contributed by atoms with van der Waals surface area (Å²) in [5.41, 5.74) is 0.319. The molecule has 0 spiro atoms. The van der Waals surface area contributed by atoms with E-state index in [1.807, 2.05) is 45.0 Å². The molecule has 1 aromatic rings. The quantitative estimate of drug-likeness (QED) is 0.748. The number of aryl methyl sites for hydroxylation is 1. The fourth-order valence-corrected chi connectivity index (χ4v) is 3.16. The predicted molar refractivity (Wildman–Crippen MR) is 89.5 cm³/mol. The molecule has 0 bridgehead atoms. The lowest BCUT2D eigenvalue weighted by atomic mass is 9.88. The number of hydrogen-bond acceptors (Lipinski definition) is 3. The van der Waals surface area contributed by atoms with Crippen molar-refractivity contribution in [2.75, 3.05) is 13.2 Å². The Morgan fingerprint density at radius 3 is 2.39 bits per heavy atom. The number of nitrogens with zero attached hydrogens (tertiary/aromatic N) is 1. The van der Waals surface area contributed by atoms with E-state index in [4.69, 9.17) is 4.74 Å². The first-order valence-corrected chi connectivity index (χ1v) is 8.36. The number of amides is 3. The number of hydrogen-bond donors (Lipinski definition) is 1. The summed E-state index contributed by atoms with van der Waals surface area (Å²) in [6, 6.07) is 7.41. The van der Waals surface area contributed by atoms with Crippen LogP contribution in [0.25, 0.3) is 0 Å². The van der Waals surface area contributed by atoms with E-state index < -0.39 is 5.54 Å². The van der Waals surface area contributed by atoms with Crippen molar-refractivity contribution in [3.63, 3.8) is 0 Å². The van der Waals surface area contributed by atoms with Crippen LogP contribution in [0.2, 0.25) is 0 Å². The Morgan fingerprint density at radius 2 is 1.78 bits per heavy atom. The molecule has 0 atom stereocenters. The average molecular weight is 318 g/mol. The van der Waals surface area contributed by atoms with Crippen LogP contribution in [0.4, 0.5) is 4.79 Å². The molecule has 23 heavy (non-hydrogen) atoms. The predicted octanol–water partition coefficient (Wildman–Crippen LogP) is 3.26. The fraction of sp³-hybridized carbons (Fsp3) is 0.556. The summed E-state index contributed by atoms with van der Waals surface area (Å²) < 4.78 is 5.71. The summed E-state index contributed by atoms with van der Waals surface area (Å²) in [6.45, 7) is 6.60. The van der Waals surface area contributed by atoms with E-state index in [0.29, 0.717) is 19.4 Å². The lowest BCUT2D eigenvalue weighted by Crippen LogP contribution is -2.47. The van der Waals surface area contributed by atoms with E-state index in [2.05, 4.69) is 5.32 Å². The first-order valence-electron chi connectivity index (χ1n) is 8.36. The smallest absolute Gasteiger partial charge is 0.325 e. The zero-order valence-corrected chi connectivity index (χ0v) is 14.2. The van der Waals surface area contributed by atoms with Crippen LogP contribution in [0, 0.1) is 6.92 Å². The first-order chi connectivity index (χ1) is 11.0. The summed E-state index contributed by atoms with van der Waals surface area (Å²) in [7, 11) is 0. The average Bonchev–Trinajstić information content (AvgIpc) is 2.74. The van der Waals surface area contributed by atoms with Crippen LogP contribution in [-0.4, -0.2) is 35.5 Å². The molecule has 1 aliphatic heterocycles. The monoisotopic (exact) mass is 318 g/mol. The van der Waals surface area contributed by atoms with Gasteiger partial charge in [-0.1, -0.05) is 44.9 Å². The molecule has 0 unspecified atom stereocenters. The lowest BCUT2D eigenvalue weighted by molar-refractivity contribution is -0.132. The molecule has 5 nitrogen and oxygen atoms in total. The van der Waals surface area contributed by atoms with Gasteiger partial charge in [0, 0.05) is 0 Å². The second-order valence-electron chi connectivity index (χ2n) is 6.08. The topological polar surface area (TPSA) is 58.6 Å². The number of imide groups is 1. The van der Waals surface area contributed by atoms with Crippen LogP contribution in [0.1, 0.15) is 45.1 Å². The third-order valence-corrected chi connectivity index (χ3v) is 4.27. The van der Waals surface area contributed by atoms with Crippen molar-refractivity contribution in [2.45, 2.75) is 52.0 Å². The van der Waals surface area contributed by atoms with Crippen LogP contribution >= 0.6 is 0 Å². The highest BCUT2D eigenvalue weighted by Crippen LogP contribution is 2.28. The molecule has 0 radical (unpaired) electrons. The molecule has 0 aromatic heterocycles. The van der Waals surface area contributed by atoms with E-state index in [1.54, 1.807) is 0 Å². The van der Waals surface area contributed by atoms with Gasteiger partial charge in [-0.05, 0) is 31.4 Å². The third-order valence-electron chi connectivity index (χ3n) is 4.27. The number of benzene rings is 1. The minimum absolute atomic E-state index is 0.111. The largest absolute Gasteiger partial charge is 0.491 e. The van der Waals surface area contributed by atoms with Crippen molar-refractivity contribution in [1.29, 1.82) is 0 Å². The Labute approximate surface area is 138 Å². The Bertz CT molecular complexity index is 565. The summed E-state index contributed by atoms with van der Waals surface area (Å²) in [5.74, 6) is 0.674. The van der Waals surface area contributed by atoms with E-state index >= 15 is 0 Å². The van der Waals surface area contributed by atoms with Gasteiger partial charge in [0.15, 0.2) is 0 Å². The maximum atomic E-state index is 12.7. The Balaban J connectivity index is 1.99. The van der Waals surface area contributed by atoms with Gasteiger partial charge >= 0.3 is 6.03 Å². The second kappa shape index (κ2) is 7.49. The van der Waals surface area contributed by atoms with E-state index in [0.717, 1.165) is 24.2 Å². The van der Waals surface area contributed by atoms with Crippen molar-refractivity contribution in [1.82, 2.24) is 10.2 Å². The summed E-state index contributed by atoms with van der Waals surface area (Å²) in [6.07, 6.45) is 3.08. The van der Waals surface area contributed by atoms with Gasteiger partial charge in [0.2, 0.25) is 0 Å². The summed E-state index contributed by atoms with van der Waals surface area (Å²) in [5, 5.41) is 2.91. The zero-order valence-electron chi connectivity index (χ0n) is 14.2. The van der Waals surface area contributed by atoms with Gasteiger partial charge in [-0.3, -0.25) is 9.69 Å². The highest BCUT2D eigenvalue weighted by molar-refractivity contribution is 6.07. The van der Waals surface area contributed by atoms with Crippen LogP contribution in [0.15, 0.2) is 24.3 Å². The second-order valence-corrected chi connectivity index (χ2v) is 6.08. The minimum Gasteiger partial charge on any atom is -0.491 e. The van der Waals surface area contributed by atoms with E-state index in [-0.39, 0.29) is 18.5 Å². The van der Waals surface area contributed by atoms with Crippen LogP contribution in [0.5, 0.6) is 5.75 Å². The number of ether oxygens (including phenoxy) is 1. The number of carbonyl (C=O) groups excluding carboxylic acids is 2. The van der Waals surface area contributed by atoms with Gasteiger partial charge < -0.3 is 10.1 Å². The third kappa shape index (κ3) is 3.66. The first kappa shape index (κ1) is 17.3. The number of para-hydroxylation sites is 1. The molecule has 0 saturated carbocycles. The molecular formula is C18H26N2O3. The van der Waals surface area contributed by atoms with E-state index in [1.165, 1.54) is 4.90 Å². The van der Waals surface area contributed by atoms with Crippen molar-refractivity contribution >= 4 is 11.9 Å². The molecule has 1 aliphatic rings. The highest BCUT2D eigenvalue weighted by atomic mass is 16.5. The normalized spacial score (nSPS) is 16.6. The van der Waals surface area contributed by atoms with Crippen molar-refractivity contribution < 1.29 is 14.3 Å². The number of urea groups is 1. The van der Waals surface area contributed by atoms with Gasteiger partial charge in [0.1, 0.15) is 17.9 Å². The Kier molecular flexibility index (Phi) is 5.64. The van der Waals surface area contributed by atoms with Gasteiger partial charge in [-0.2, -0.15) is 0 Å². The Morgan fingerprint density at radius 1 is 1.13 bits per heavy atom. The molecule has 1 N–H and O–H groups in total. The number of carbonyl (C=O) groups is 2. The standard InChI is InChI=1S/C18H26N2O3/c1-4-10-18(11-5-2)16(21)20(17(22)19-18)12-13-23-15-9-7-6-8-14(15)3/h6-9H,4-5,10-13H2,1-3H3,(H,19,22). The maximum absolute atomic E-state index is 12.7. The number of rotatable bonds is 8. The molecule has 5 heteroatoms. The molecular weight excluding hydrogens is 292 g/mol. The Hall–Kier alpha value is -2.04. The molecule has 2 rings (SSSR count). The van der Waals surface area contributed by atoms with Gasteiger partial charge in [-0.25, -0.2) is 4.79 Å². The lowest BCUT2D eigenvalue weighted by Gasteiger charge is -2.25. The van der Waals surface area contributed by atoms with Crippen LogP contribution in [-0.2, 0) is 4.79 Å². The van der Waals surface area contributed by atoms with Crippen LogP contribution in [0.3, 0.4) is 0 Å². The molecule has 3 amide bonds. The minimum atomic E-state index is -0.719. The van der Waals surface area contributed by atoms with Crippen LogP contribution < -0.4 is 10.1 Å². The summed E-state index contributed by atoms with van der Waals surface area (Å²) >= 11 is 0. The molecule has 126 valence electrons. The molecule has 1 aromatic carbocycles. The van der Waals surface area contributed by atoms with Gasteiger partial charge in [0.05, 0.1) is 6.54 Å². The van der Waals surface area contributed by atoms with Gasteiger partial charge in [0.25, 0.3) is 5.91 Å². The molecule has 1 saturated heterocycles. The number of nitrogens with one attached hydrogen (secondary N) is 1. The van der Waals surface area contributed by atoms with Crippen molar-refractivity contribution in [3.8, 4) is 5.75 Å². The molecule has 1 heterocycles. The molecule has 1 fully saturated rings. The van der Waals surface area contributed by atoms with Crippen molar-refractivity contribution in [2.24, 2.45) is 0 Å². The highest BCUT2D eigenvalue weighted by Gasteiger charge is 2.49. The molecule has 0 aliphatic carbocycles. The van der Waals surface area contributed by atoms with Gasteiger partial charge in [-0.15, -0.1) is 0 Å². The van der Waals surface area contributed by atoms with Crippen molar-refractivity contribution in [3.05, 3.63) is 29.8 Å². The SMILES string of the molecule is CCCC1(CCC)NC(=O)N(CCOc2ccccc2C)C1=O. The maximum Gasteiger partial charge on any atom is 0.325 e.